The number of carbonyl (C=O) groups excluding carboxylic acids is 4. The number of aromatic hydroxyl groups is 1. The molecule has 0 saturated heterocycles. The average molecular weight is 520 g/mol. The molecule has 0 spiro atoms. The van der Waals surface area contributed by atoms with Crippen molar-refractivity contribution >= 4 is 23.4 Å². The van der Waals surface area contributed by atoms with Crippen LogP contribution in [0.2, 0.25) is 0 Å². The van der Waals surface area contributed by atoms with Crippen LogP contribution >= 0.6 is 0 Å². The molecule has 38 heavy (non-hydrogen) atoms. The molecular weight excluding hydrogens is 496 g/mol. The fraction of sp³-hybridized carbons (Fsp3) is 0.259. The number of ketones is 2. The molecule has 0 fully saturated rings. The van der Waals surface area contributed by atoms with E-state index < -0.39 is 57.9 Å². The SMILES string of the molecule is CONC(=O)c1cccc(-c2ccc(O)c3c2C[C@H]2C[C@H]4CC(O)=C(C(N)=O)C(=O)[C@@]4(O)C(O)=C2C3=O)c1. The van der Waals surface area contributed by atoms with Gasteiger partial charge in [0.25, 0.3) is 11.8 Å². The number of nitrogens with one attached hydrogen (secondary N) is 1. The number of aliphatic hydroxyl groups is 3. The van der Waals surface area contributed by atoms with Crippen LogP contribution in [0.25, 0.3) is 11.1 Å². The number of amides is 2. The summed E-state index contributed by atoms with van der Waals surface area (Å²) in [6.07, 6.45) is -0.139. The summed E-state index contributed by atoms with van der Waals surface area (Å²) in [6.45, 7) is 0. The van der Waals surface area contributed by atoms with Gasteiger partial charge in [-0.25, -0.2) is 5.48 Å². The van der Waals surface area contributed by atoms with E-state index >= 15 is 0 Å². The van der Waals surface area contributed by atoms with Crippen molar-refractivity contribution in [2.24, 2.45) is 17.6 Å². The van der Waals surface area contributed by atoms with Crippen molar-refractivity contribution < 1.29 is 44.4 Å². The second kappa shape index (κ2) is 8.82. The van der Waals surface area contributed by atoms with Crippen LogP contribution in [0, 0.1) is 11.8 Å². The van der Waals surface area contributed by atoms with Crippen molar-refractivity contribution in [2.45, 2.75) is 24.9 Å². The third-order valence-corrected chi connectivity index (χ3v) is 7.58. The minimum absolute atomic E-state index is 0.0221. The highest BCUT2D eigenvalue weighted by Gasteiger charge is 2.59. The zero-order valence-corrected chi connectivity index (χ0v) is 20.1. The molecular formula is C27H24N2O9. The molecule has 3 aliphatic rings. The maximum absolute atomic E-state index is 13.7. The quantitative estimate of drug-likeness (QED) is 0.256. The van der Waals surface area contributed by atoms with Gasteiger partial charge in [0.1, 0.15) is 22.8 Å². The molecule has 0 unspecified atom stereocenters. The molecule has 196 valence electrons. The first kappa shape index (κ1) is 25.2. The lowest BCUT2D eigenvalue weighted by molar-refractivity contribution is -0.144. The average Bonchev–Trinajstić information content (AvgIpc) is 2.86. The van der Waals surface area contributed by atoms with Gasteiger partial charge in [-0.1, -0.05) is 18.2 Å². The van der Waals surface area contributed by atoms with Crippen LogP contribution in [-0.4, -0.2) is 56.5 Å². The monoisotopic (exact) mass is 520 g/mol. The Balaban J connectivity index is 1.64. The van der Waals surface area contributed by atoms with Gasteiger partial charge in [-0.15, -0.1) is 0 Å². The van der Waals surface area contributed by atoms with Crippen LogP contribution in [0.4, 0.5) is 0 Å². The normalized spacial score (nSPS) is 24.5. The molecule has 2 amide bonds. The molecule has 3 atom stereocenters. The van der Waals surface area contributed by atoms with Gasteiger partial charge in [0.2, 0.25) is 5.78 Å². The Bertz CT molecular complexity index is 1510. The van der Waals surface area contributed by atoms with Crippen molar-refractivity contribution in [3.05, 3.63) is 75.8 Å². The van der Waals surface area contributed by atoms with E-state index in [1.807, 2.05) is 0 Å². The summed E-state index contributed by atoms with van der Waals surface area (Å²) in [5.41, 5.74) is 5.58. The van der Waals surface area contributed by atoms with Gasteiger partial charge in [0.15, 0.2) is 11.4 Å². The summed E-state index contributed by atoms with van der Waals surface area (Å²) in [5, 5.41) is 43.4. The number of hydrogen-bond donors (Lipinski definition) is 6. The van der Waals surface area contributed by atoms with Crippen LogP contribution < -0.4 is 11.2 Å². The number of nitrogens with two attached hydrogens (primary N) is 1. The molecule has 3 aliphatic carbocycles. The maximum atomic E-state index is 13.7. The Hall–Kier alpha value is -4.48. The van der Waals surface area contributed by atoms with Crippen molar-refractivity contribution in [1.82, 2.24) is 5.48 Å². The summed E-state index contributed by atoms with van der Waals surface area (Å²) < 4.78 is 0. The molecule has 0 bridgehead atoms. The number of rotatable bonds is 4. The first-order valence-corrected chi connectivity index (χ1v) is 11.8. The highest BCUT2D eigenvalue weighted by Crippen LogP contribution is 2.52. The number of benzene rings is 2. The third kappa shape index (κ3) is 3.51. The minimum Gasteiger partial charge on any atom is -0.511 e. The van der Waals surface area contributed by atoms with Gasteiger partial charge < -0.3 is 26.2 Å². The molecule has 0 aliphatic heterocycles. The van der Waals surface area contributed by atoms with Crippen molar-refractivity contribution in [2.75, 3.05) is 7.11 Å². The van der Waals surface area contributed by atoms with Gasteiger partial charge in [0.05, 0.1) is 12.7 Å². The summed E-state index contributed by atoms with van der Waals surface area (Å²) in [7, 11) is 1.31. The van der Waals surface area contributed by atoms with Crippen LogP contribution in [0.1, 0.15) is 39.1 Å². The molecule has 2 aromatic carbocycles. The van der Waals surface area contributed by atoms with E-state index in [9.17, 15) is 39.6 Å². The maximum Gasteiger partial charge on any atom is 0.274 e. The fourth-order valence-electron chi connectivity index (χ4n) is 5.87. The van der Waals surface area contributed by atoms with Gasteiger partial charge in [0, 0.05) is 23.5 Å². The second-order valence-electron chi connectivity index (χ2n) is 9.61. The van der Waals surface area contributed by atoms with Crippen molar-refractivity contribution in [3.63, 3.8) is 0 Å². The molecule has 0 aromatic heterocycles. The molecule has 0 radical (unpaired) electrons. The number of primary amides is 1. The van der Waals surface area contributed by atoms with Gasteiger partial charge in [-0.05, 0) is 53.6 Å². The van der Waals surface area contributed by atoms with E-state index in [2.05, 4.69) is 10.3 Å². The van der Waals surface area contributed by atoms with E-state index in [-0.39, 0.29) is 36.1 Å². The predicted octanol–water partition coefficient (Wildman–Crippen LogP) is 1.54. The first-order chi connectivity index (χ1) is 18.0. The van der Waals surface area contributed by atoms with Crippen LogP contribution in [0.5, 0.6) is 5.75 Å². The topological polar surface area (TPSA) is 196 Å². The van der Waals surface area contributed by atoms with Crippen molar-refractivity contribution in [1.29, 1.82) is 0 Å². The Kier molecular flexibility index (Phi) is 5.85. The number of phenolic OH excluding ortho intramolecular Hbond substituents is 1. The van der Waals surface area contributed by atoms with Crippen molar-refractivity contribution in [3.8, 4) is 16.9 Å². The number of hydrogen-bond acceptors (Lipinski definition) is 9. The number of phenols is 1. The summed E-state index contributed by atoms with van der Waals surface area (Å²) in [6, 6.07) is 9.49. The van der Waals surface area contributed by atoms with Crippen LogP contribution in [0.3, 0.4) is 0 Å². The lowest BCUT2D eigenvalue weighted by Crippen LogP contribution is -2.57. The minimum atomic E-state index is -2.62. The zero-order chi connectivity index (χ0) is 27.5. The fourth-order valence-corrected chi connectivity index (χ4v) is 5.87. The number of aliphatic hydroxyl groups excluding tert-OH is 2. The zero-order valence-electron chi connectivity index (χ0n) is 20.1. The lowest BCUT2D eigenvalue weighted by atomic mass is 9.60. The largest absolute Gasteiger partial charge is 0.511 e. The Morgan fingerprint density at radius 2 is 1.84 bits per heavy atom. The number of Topliss-reactive ketones (excluding diaryl/α,β-unsaturated/α-hetero) is 2. The van der Waals surface area contributed by atoms with E-state index in [1.165, 1.54) is 13.2 Å². The Labute approximate surface area is 215 Å². The summed E-state index contributed by atoms with van der Waals surface area (Å²) in [4.78, 5) is 55.5. The van der Waals surface area contributed by atoms with E-state index in [4.69, 9.17) is 5.73 Å². The number of hydroxylamine groups is 1. The number of allylic oxidation sites excluding steroid dienone is 2. The molecule has 2 aromatic rings. The van der Waals surface area contributed by atoms with Crippen LogP contribution in [0.15, 0.2) is 59.1 Å². The third-order valence-electron chi connectivity index (χ3n) is 7.58. The second-order valence-corrected chi connectivity index (χ2v) is 9.61. The molecule has 7 N–H and O–H groups in total. The van der Waals surface area contributed by atoms with E-state index in [1.54, 1.807) is 30.3 Å². The van der Waals surface area contributed by atoms with Gasteiger partial charge >= 0.3 is 0 Å². The smallest absolute Gasteiger partial charge is 0.274 e. The Morgan fingerprint density at radius 1 is 1.11 bits per heavy atom. The highest BCUT2D eigenvalue weighted by molar-refractivity contribution is 6.24. The van der Waals surface area contributed by atoms with E-state index in [0.717, 1.165) is 0 Å². The first-order valence-electron chi connectivity index (χ1n) is 11.8. The van der Waals surface area contributed by atoms with Crippen LogP contribution in [-0.2, 0) is 20.8 Å². The van der Waals surface area contributed by atoms with E-state index in [0.29, 0.717) is 22.3 Å². The Morgan fingerprint density at radius 3 is 2.53 bits per heavy atom. The molecule has 11 heteroatoms. The van der Waals surface area contributed by atoms with Gasteiger partial charge in [-0.2, -0.15) is 0 Å². The summed E-state index contributed by atoms with van der Waals surface area (Å²) >= 11 is 0. The standard InChI is InChI=1S/C27H24N2O9/c1-38-29-26(36)12-4-2-3-11(7-12)15-5-6-17(30)20-16(15)9-13-8-14-10-18(31)21(25(28)35)24(34)27(14,37)23(33)19(13)22(20)32/h2-7,13-14,30-31,33,37H,8-10H2,1H3,(H2,28,35)(H,29,36)/t13-,14+,27+/m1/s1. The van der Waals surface area contributed by atoms with Gasteiger partial charge in [-0.3, -0.25) is 24.0 Å². The number of fused-ring (bicyclic) bond motifs is 3. The predicted molar refractivity (Wildman–Crippen MR) is 131 cm³/mol. The number of carbonyl (C=O) groups is 4. The molecule has 5 rings (SSSR count). The lowest BCUT2D eigenvalue weighted by Gasteiger charge is -2.45. The molecule has 0 heterocycles. The summed E-state index contributed by atoms with van der Waals surface area (Å²) in [5.74, 6) is -7.34. The molecule has 11 nitrogen and oxygen atoms in total. The highest BCUT2D eigenvalue weighted by atomic mass is 16.6. The molecule has 0 saturated carbocycles.